The maximum absolute atomic E-state index is 11.4. The Hall–Kier alpha value is -2.56. The molecule has 5 nitrogen and oxygen atoms in total. The van der Waals surface area contributed by atoms with Crippen LogP contribution < -0.4 is 4.90 Å². The minimum absolute atomic E-state index is 0.285. The minimum atomic E-state index is -0.912. The summed E-state index contributed by atoms with van der Waals surface area (Å²) in [6.07, 6.45) is 10.0. The highest BCUT2D eigenvalue weighted by atomic mass is 16.4. The van der Waals surface area contributed by atoms with Gasteiger partial charge >= 0.3 is 5.97 Å². The van der Waals surface area contributed by atoms with Crippen LogP contribution in [0.1, 0.15) is 48.9 Å². The van der Waals surface area contributed by atoms with Crippen molar-refractivity contribution in [3.8, 4) is 0 Å². The molecule has 2 aromatic heterocycles. The Balaban J connectivity index is 1.62. The van der Waals surface area contributed by atoms with E-state index in [1.54, 1.807) is 12.1 Å². The molecule has 1 aliphatic carbocycles. The van der Waals surface area contributed by atoms with Crippen LogP contribution in [0.3, 0.4) is 0 Å². The topological polar surface area (TPSA) is 57.8 Å². The number of carboxylic acid groups (broad SMARTS) is 1. The van der Waals surface area contributed by atoms with Gasteiger partial charge in [-0.2, -0.15) is 0 Å². The number of hydrogen-bond acceptors (Lipinski definition) is 3. The van der Waals surface area contributed by atoms with Gasteiger partial charge in [-0.3, -0.25) is 0 Å². The maximum Gasteiger partial charge on any atom is 0.335 e. The lowest BCUT2D eigenvalue weighted by molar-refractivity contribution is 0.0697. The molecule has 5 heteroatoms. The number of carbonyl (C=O) groups is 1. The number of carboxylic acids is 1. The lowest BCUT2D eigenvalue weighted by Gasteiger charge is -2.33. The lowest BCUT2D eigenvalue weighted by atomic mass is 9.73. The monoisotopic (exact) mass is 349 g/mol. The summed E-state index contributed by atoms with van der Waals surface area (Å²) in [7, 11) is 0. The molecule has 1 saturated carbocycles. The molecule has 0 amide bonds. The second-order valence-corrected chi connectivity index (χ2v) is 7.94. The number of benzene rings is 1. The van der Waals surface area contributed by atoms with E-state index in [4.69, 9.17) is 4.98 Å². The van der Waals surface area contributed by atoms with Crippen molar-refractivity contribution >= 4 is 28.3 Å². The van der Waals surface area contributed by atoms with E-state index in [0.717, 1.165) is 35.5 Å². The molecule has 1 aromatic carbocycles. The van der Waals surface area contributed by atoms with Gasteiger partial charge in [0.25, 0.3) is 0 Å². The van der Waals surface area contributed by atoms with Gasteiger partial charge in [0, 0.05) is 19.3 Å². The number of aromatic nitrogens is 2. The summed E-state index contributed by atoms with van der Waals surface area (Å²) < 4.78 is 2.13. The highest BCUT2D eigenvalue weighted by molar-refractivity contribution is 5.94. The van der Waals surface area contributed by atoms with Crippen LogP contribution in [0.4, 0.5) is 5.82 Å². The van der Waals surface area contributed by atoms with E-state index in [2.05, 4.69) is 15.4 Å². The fraction of sp³-hybridized carbons (Fsp3) is 0.429. The molecule has 2 fully saturated rings. The van der Waals surface area contributed by atoms with Gasteiger partial charge in [0.2, 0.25) is 0 Å². The van der Waals surface area contributed by atoms with E-state index in [1.165, 1.54) is 38.5 Å². The summed E-state index contributed by atoms with van der Waals surface area (Å²) in [6.45, 7) is 2.11. The molecule has 5 rings (SSSR count). The van der Waals surface area contributed by atoms with Crippen molar-refractivity contribution in [2.24, 2.45) is 5.41 Å². The van der Waals surface area contributed by atoms with E-state index in [1.807, 2.05) is 18.3 Å². The van der Waals surface area contributed by atoms with Crippen LogP contribution in [0.2, 0.25) is 0 Å². The molecule has 2 aliphatic rings. The molecule has 134 valence electrons. The molecule has 1 spiro atoms. The quantitative estimate of drug-likeness (QED) is 0.747. The van der Waals surface area contributed by atoms with E-state index >= 15 is 0 Å². The molecule has 26 heavy (non-hydrogen) atoms. The average molecular weight is 349 g/mol. The Bertz CT molecular complexity index is 1000. The maximum atomic E-state index is 11.4. The van der Waals surface area contributed by atoms with Gasteiger partial charge in [0.15, 0.2) is 5.82 Å². The third-order valence-corrected chi connectivity index (χ3v) is 6.34. The molecule has 0 atom stereocenters. The Morgan fingerprint density at radius 2 is 1.92 bits per heavy atom. The first-order chi connectivity index (χ1) is 12.7. The molecule has 0 bridgehead atoms. The van der Waals surface area contributed by atoms with Crippen molar-refractivity contribution in [2.75, 3.05) is 18.0 Å². The van der Waals surface area contributed by atoms with E-state index < -0.39 is 5.97 Å². The number of aromatic carboxylic acids is 1. The largest absolute Gasteiger partial charge is 0.478 e. The Morgan fingerprint density at radius 3 is 2.73 bits per heavy atom. The van der Waals surface area contributed by atoms with Crippen molar-refractivity contribution in [1.82, 2.24) is 9.38 Å². The molecule has 3 heterocycles. The van der Waals surface area contributed by atoms with Crippen molar-refractivity contribution in [3.63, 3.8) is 0 Å². The number of fused-ring (bicyclic) bond motifs is 3. The first-order valence-corrected chi connectivity index (χ1v) is 9.54. The van der Waals surface area contributed by atoms with Crippen LogP contribution in [0, 0.1) is 5.41 Å². The summed E-state index contributed by atoms with van der Waals surface area (Å²) in [4.78, 5) is 18.7. The Labute approximate surface area is 152 Å². The zero-order chi connectivity index (χ0) is 17.7. The predicted molar refractivity (Wildman–Crippen MR) is 102 cm³/mol. The van der Waals surface area contributed by atoms with Crippen LogP contribution in [-0.2, 0) is 0 Å². The molecule has 1 aliphatic heterocycles. The van der Waals surface area contributed by atoms with Gasteiger partial charge in [-0.25, -0.2) is 9.78 Å². The second kappa shape index (κ2) is 5.73. The number of nitrogens with zero attached hydrogens (tertiary/aromatic N) is 3. The Morgan fingerprint density at radius 1 is 1.08 bits per heavy atom. The van der Waals surface area contributed by atoms with Crippen LogP contribution in [0.15, 0.2) is 36.5 Å². The van der Waals surface area contributed by atoms with Gasteiger partial charge in [-0.05, 0) is 55.0 Å². The number of hydrogen-bond donors (Lipinski definition) is 1. The summed E-state index contributed by atoms with van der Waals surface area (Å²) in [5.74, 6) is 0.0812. The smallest absolute Gasteiger partial charge is 0.335 e. The number of anilines is 1. The normalized spacial score (nSPS) is 19.6. The summed E-state index contributed by atoms with van der Waals surface area (Å²) in [6, 6.07) is 9.34. The molecular weight excluding hydrogens is 326 g/mol. The second-order valence-electron chi connectivity index (χ2n) is 7.94. The van der Waals surface area contributed by atoms with Crippen LogP contribution >= 0.6 is 0 Å². The SMILES string of the molecule is O=C(O)c1ccc2c(c1)nc(N1CCC3(CCCCC3)C1)c1cccn12. The molecule has 1 N–H and O–H groups in total. The van der Waals surface area contributed by atoms with Crippen molar-refractivity contribution in [2.45, 2.75) is 38.5 Å². The summed E-state index contributed by atoms with van der Waals surface area (Å²) in [5.41, 5.74) is 3.54. The molecular formula is C21H23N3O2. The van der Waals surface area contributed by atoms with E-state index in [0.29, 0.717) is 5.41 Å². The lowest BCUT2D eigenvalue weighted by Crippen LogP contribution is -2.29. The summed E-state index contributed by atoms with van der Waals surface area (Å²) >= 11 is 0. The van der Waals surface area contributed by atoms with Crippen molar-refractivity contribution in [1.29, 1.82) is 0 Å². The fourth-order valence-corrected chi connectivity index (χ4v) is 4.95. The van der Waals surface area contributed by atoms with Crippen LogP contribution in [0.5, 0.6) is 0 Å². The van der Waals surface area contributed by atoms with Gasteiger partial charge < -0.3 is 14.4 Å². The van der Waals surface area contributed by atoms with Gasteiger partial charge in [0.05, 0.1) is 22.1 Å². The van der Waals surface area contributed by atoms with Gasteiger partial charge in [-0.1, -0.05) is 19.3 Å². The molecule has 3 aromatic rings. The third kappa shape index (κ3) is 2.37. The van der Waals surface area contributed by atoms with Crippen LogP contribution in [0.25, 0.3) is 16.6 Å². The summed E-state index contributed by atoms with van der Waals surface area (Å²) in [5, 5.41) is 9.32. The zero-order valence-electron chi connectivity index (χ0n) is 14.8. The fourth-order valence-electron chi connectivity index (χ4n) is 4.95. The van der Waals surface area contributed by atoms with E-state index in [-0.39, 0.29) is 5.56 Å². The molecule has 0 unspecified atom stereocenters. The number of rotatable bonds is 2. The average Bonchev–Trinajstić information content (AvgIpc) is 3.29. The first kappa shape index (κ1) is 15.7. The van der Waals surface area contributed by atoms with Gasteiger partial charge in [0.1, 0.15) is 0 Å². The third-order valence-electron chi connectivity index (χ3n) is 6.34. The van der Waals surface area contributed by atoms with E-state index in [9.17, 15) is 9.90 Å². The minimum Gasteiger partial charge on any atom is -0.478 e. The van der Waals surface area contributed by atoms with Crippen molar-refractivity contribution < 1.29 is 9.90 Å². The van der Waals surface area contributed by atoms with Gasteiger partial charge in [-0.15, -0.1) is 0 Å². The highest BCUT2D eigenvalue weighted by Crippen LogP contribution is 2.45. The highest BCUT2D eigenvalue weighted by Gasteiger charge is 2.39. The molecule has 0 radical (unpaired) electrons. The zero-order valence-corrected chi connectivity index (χ0v) is 14.8. The first-order valence-electron chi connectivity index (χ1n) is 9.54. The van der Waals surface area contributed by atoms with Crippen LogP contribution in [-0.4, -0.2) is 33.6 Å². The van der Waals surface area contributed by atoms with Crippen molar-refractivity contribution in [3.05, 3.63) is 42.1 Å². The standard InChI is InChI=1S/C21H23N3O2/c25-20(26)15-6-7-17-16(13-15)22-19(18-5-4-11-24(17)18)23-12-10-21(14-23)8-2-1-3-9-21/h4-7,11,13H,1-3,8-10,12,14H2,(H,25,26). The Kier molecular flexibility index (Phi) is 3.45. The molecule has 1 saturated heterocycles. The predicted octanol–water partition coefficient (Wildman–Crippen LogP) is 4.35.